The predicted molar refractivity (Wildman–Crippen MR) is 109 cm³/mol. The van der Waals surface area contributed by atoms with E-state index in [0.717, 1.165) is 11.3 Å². The Morgan fingerprint density at radius 2 is 2.07 bits per heavy atom. The molecule has 2 atom stereocenters. The van der Waals surface area contributed by atoms with Gasteiger partial charge in [-0.05, 0) is 50.1 Å². The number of likely N-dealkylation sites (N-methyl/N-ethyl adjacent to an activating group) is 1. The van der Waals surface area contributed by atoms with Crippen molar-refractivity contribution in [2.45, 2.75) is 38.8 Å². The summed E-state index contributed by atoms with van der Waals surface area (Å²) in [6.45, 7) is 6.07. The van der Waals surface area contributed by atoms with Gasteiger partial charge in [0.1, 0.15) is 11.6 Å². The van der Waals surface area contributed by atoms with Crippen molar-refractivity contribution >= 4 is 17.5 Å². The van der Waals surface area contributed by atoms with Gasteiger partial charge < -0.3 is 14.4 Å². The van der Waals surface area contributed by atoms with Crippen LogP contribution in [0.4, 0.5) is 20.6 Å². The van der Waals surface area contributed by atoms with Crippen LogP contribution in [0.3, 0.4) is 0 Å². The van der Waals surface area contributed by atoms with Crippen LogP contribution >= 0.6 is 0 Å². The van der Waals surface area contributed by atoms with Gasteiger partial charge >= 0.3 is 6.09 Å². The summed E-state index contributed by atoms with van der Waals surface area (Å²) in [7, 11) is 1.59. The zero-order valence-corrected chi connectivity index (χ0v) is 16.9. The monoisotopic (exact) mass is 397 g/mol. The Balaban J connectivity index is 1.94. The number of amides is 1. The van der Waals surface area contributed by atoms with Crippen LogP contribution in [-0.4, -0.2) is 25.9 Å². The Morgan fingerprint density at radius 3 is 2.66 bits per heavy atom. The summed E-state index contributed by atoms with van der Waals surface area (Å²) < 4.78 is 25.0. The molecule has 0 saturated heterocycles. The van der Waals surface area contributed by atoms with Crippen LogP contribution in [0.2, 0.25) is 0 Å². The molecule has 0 aliphatic carbocycles. The maximum atomic E-state index is 14.7. The van der Waals surface area contributed by atoms with Gasteiger partial charge in [-0.2, -0.15) is 5.26 Å². The molecule has 1 heterocycles. The quantitative estimate of drug-likeness (QED) is 0.770. The number of halogens is 1. The summed E-state index contributed by atoms with van der Waals surface area (Å²) in [6.07, 6.45) is -1.02. The maximum absolute atomic E-state index is 14.7. The fourth-order valence-corrected chi connectivity index (χ4v) is 3.71. The summed E-state index contributed by atoms with van der Waals surface area (Å²) in [4.78, 5) is 13.8. The third-order valence-corrected chi connectivity index (χ3v) is 4.93. The molecule has 3 rings (SSSR count). The van der Waals surface area contributed by atoms with Gasteiger partial charge in [-0.25, -0.2) is 9.18 Å². The van der Waals surface area contributed by atoms with Gasteiger partial charge in [0.15, 0.2) is 0 Å². The van der Waals surface area contributed by atoms with E-state index in [4.69, 9.17) is 9.47 Å². The third kappa shape index (κ3) is 3.97. The van der Waals surface area contributed by atoms with E-state index in [1.54, 1.807) is 27.0 Å². The molecule has 0 radical (unpaired) electrons. The number of carbonyl (C=O) groups is 1. The largest absolute Gasteiger partial charge is 0.497 e. The summed E-state index contributed by atoms with van der Waals surface area (Å²) in [6, 6.07) is 12.2. The molecular weight excluding hydrogens is 373 g/mol. The molecule has 1 aliphatic rings. The van der Waals surface area contributed by atoms with E-state index in [2.05, 4.69) is 16.3 Å². The Kier molecular flexibility index (Phi) is 5.92. The molecule has 0 fully saturated rings. The van der Waals surface area contributed by atoms with Crippen molar-refractivity contribution in [3.8, 4) is 11.8 Å². The molecule has 1 N–H and O–H groups in total. The number of benzene rings is 2. The van der Waals surface area contributed by atoms with Gasteiger partial charge in [0.2, 0.25) is 0 Å². The zero-order valence-electron chi connectivity index (χ0n) is 16.9. The van der Waals surface area contributed by atoms with Gasteiger partial charge in [-0.15, -0.1) is 0 Å². The van der Waals surface area contributed by atoms with Crippen LogP contribution in [0.25, 0.3) is 0 Å². The summed E-state index contributed by atoms with van der Waals surface area (Å²) in [5.41, 5.74) is 2.50. The number of nitrogens with zero attached hydrogens (tertiary/aromatic N) is 2. The SMILES string of the molecule is CCN1c2cc(OC)ccc2C(C#N)C1c1ccc(NC(=O)OC(C)C)c(F)c1. The molecule has 2 unspecified atom stereocenters. The van der Waals surface area contributed by atoms with E-state index < -0.39 is 17.8 Å². The molecule has 2 aromatic rings. The zero-order chi connectivity index (χ0) is 21.1. The van der Waals surface area contributed by atoms with Crippen LogP contribution in [0.5, 0.6) is 5.75 Å². The Bertz CT molecular complexity index is 955. The lowest BCUT2D eigenvalue weighted by atomic mass is 9.91. The first-order valence-electron chi connectivity index (χ1n) is 9.50. The average molecular weight is 397 g/mol. The van der Waals surface area contributed by atoms with E-state index in [9.17, 15) is 14.4 Å². The fraction of sp³-hybridized carbons (Fsp3) is 0.364. The van der Waals surface area contributed by atoms with E-state index >= 15 is 0 Å². The van der Waals surface area contributed by atoms with Crippen LogP contribution < -0.4 is 15.0 Å². The summed E-state index contributed by atoms with van der Waals surface area (Å²) in [5.74, 6) is -0.321. The predicted octanol–water partition coefficient (Wildman–Crippen LogP) is 4.98. The minimum Gasteiger partial charge on any atom is -0.497 e. The van der Waals surface area contributed by atoms with Crippen LogP contribution in [-0.2, 0) is 4.74 Å². The average Bonchev–Trinajstić information content (AvgIpc) is 3.01. The molecule has 2 aromatic carbocycles. The van der Waals surface area contributed by atoms with Crippen LogP contribution in [0.15, 0.2) is 36.4 Å². The molecule has 0 aromatic heterocycles. The number of nitriles is 1. The number of hydrogen-bond donors (Lipinski definition) is 1. The lowest BCUT2D eigenvalue weighted by Crippen LogP contribution is -2.26. The maximum Gasteiger partial charge on any atom is 0.411 e. The summed E-state index contributed by atoms with van der Waals surface area (Å²) >= 11 is 0. The highest BCUT2D eigenvalue weighted by Crippen LogP contribution is 2.49. The van der Waals surface area contributed by atoms with Gasteiger partial charge in [0, 0.05) is 18.3 Å². The second kappa shape index (κ2) is 8.39. The molecule has 1 aliphatic heterocycles. The number of carbonyl (C=O) groups excluding carboxylic acids is 1. The van der Waals surface area contributed by atoms with E-state index in [-0.39, 0.29) is 17.8 Å². The number of methoxy groups -OCH3 is 1. The first-order valence-corrected chi connectivity index (χ1v) is 9.50. The van der Waals surface area contributed by atoms with Gasteiger partial charge in [-0.3, -0.25) is 5.32 Å². The van der Waals surface area contributed by atoms with Crippen molar-refractivity contribution in [2.75, 3.05) is 23.9 Å². The minimum absolute atomic E-state index is 0.0353. The lowest BCUT2D eigenvalue weighted by molar-refractivity contribution is 0.130. The molecule has 6 nitrogen and oxygen atoms in total. The van der Waals surface area contributed by atoms with E-state index in [0.29, 0.717) is 17.9 Å². The highest BCUT2D eigenvalue weighted by Gasteiger charge is 2.39. The Labute approximate surface area is 169 Å². The van der Waals surface area contributed by atoms with Crippen molar-refractivity contribution in [1.82, 2.24) is 0 Å². The van der Waals surface area contributed by atoms with Gasteiger partial charge in [-0.1, -0.05) is 12.1 Å². The highest BCUT2D eigenvalue weighted by atomic mass is 19.1. The van der Waals surface area contributed by atoms with Crippen molar-refractivity contribution in [1.29, 1.82) is 5.26 Å². The Hall–Kier alpha value is -3.27. The number of fused-ring (bicyclic) bond motifs is 1. The topological polar surface area (TPSA) is 74.6 Å². The number of hydrogen-bond acceptors (Lipinski definition) is 5. The number of ether oxygens (including phenoxy) is 2. The van der Waals surface area contributed by atoms with Gasteiger partial charge in [0.05, 0.1) is 36.9 Å². The smallest absolute Gasteiger partial charge is 0.411 e. The number of rotatable bonds is 5. The molecule has 0 bridgehead atoms. The van der Waals surface area contributed by atoms with Crippen molar-refractivity contribution in [3.05, 3.63) is 53.3 Å². The molecule has 0 saturated carbocycles. The first kappa shape index (κ1) is 20.5. The first-order chi connectivity index (χ1) is 13.9. The standard InChI is InChI=1S/C22H24FN3O3/c1-5-26-20-11-15(28-4)7-8-16(20)17(12-24)21(26)14-6-9-19(18(23)10-14)25-22(27)29-13(2)3/h6-11,13,17,21H,5H2,1-4H3,(H,25,27). The second-order valence-corrected chi connectivity index (χ2v) is 7.08. The van der Waals surface area contributed by atoms with Crippen molar-refractivity contribution < 1.29 is 18.7 Å². The normalized spacial score (nSPS) is 17.6. The van der Waals surface area contributed by atoms with E-state index in [1.165, 1.54) is 12.1 Å². The van der Waals surface area contributed by atoms with E-state index in [1.807, 2.05) is 25.1 Å². The molecule has 1 amide bonds. The highest BCUT2D eigenvalue weighted by molar-refractivity contribution is 5.85. The summed E-state index contributed by atoms with van der Waals surface area (Å²) in [5, 5.41) is 12.2. The Morgan fingerprint density at radius 1 is 1.31 bits per heavy atom. The van der Waals surface area contributed by atoms with Crippen LogP contribution in [0.1, 0.15) is 43.9 Å². The third-order valence-electron chi connectivity index (χ3n) is 4.93. The van der Waals surface area contributed by atoms with Crippen molar-refractivity contribution in [2.24, 2.45) is 0 Å². The molecule has 0 spiro atoms. The fourth-order valence-electron chi connectivity index (χ4n) is 3.71. The van der Waals surface area contributed by atoms with Crippen LogP contribution in [0, 0.1) is 17.1 Å². The van der Waals surface area contributed by atoms with Crippen molar-refractivity contribution in [3.63, 3.8) is 0 Å². The number of anilines is 2. The number of nitrogens with one attached hydrogen (secondary N) is 1. The molecular formula is C22H24FN3O3. The second-order valence-electron chi connectivity index (χ2n) is 7.08. The molecule has 152 valence electrons. The minimum atomic E-state index is -0.711. The lowest BCUT2D eigenvalue weighted by Gasteiger charge is -2.28. The molecule has 29 heavy (non-hydrogen) atoms. The van der Waals surface area contributed by atoms with Gasteiger partial charge in [0.25, 0.3) is 0 Å². The molecule has 7 heteroatoms.